The van der Waals surface area contributed by atoms with Gasteiger partial charge in [-0.15, -0.1) is 0 Å². The van der Waals surface area contributed by atoms with Gasteiger partial charge in [-0.05, 0) is 54.7 Å². The van der Waals surface area contributed by atoms with Crippen LogP contribution in [-0.4, -0.2) is 0 Å². The second kappa shape index (κ2) is 9.41. The van der Waals surface area contributed by atoms with Gasteiger partial charge in [0.15, 0.2) is 11.6 Å². The van der Waals surface area contributed by atoms with E-state index in [-0.39, 0.29) is 11.1 Å². The molecule has 0 nitrogen and oxygen atoms in total. The molecule has 2 aromatic rings. The maximum absolute atomic E-state index is 15.1. The van der Waals surface area contributed by atoms with Crippen LogP contribution in [0.1, 0.15) is 75.8 Å². The molecule has 0 aliphatic heterocycles. The lowest BCUT2D eigenvalue weighted by Gasteiger charge is -2.29. The fraction of sp³-hybridized carbons (Fsp3) is 0.481. The molecule has 0 radical (unpaired) electrons. The van der Waals surface area contributed by atoms with E-state index in [9.17, 15) is 8.78 Å². The van der Waals surface area contributed by atoms with Crippen LogP contribution in [0, 0.1) is 29.3 Å². The normalized spacial score (nSPS) is 21.3. The van der Waals surface area contributed by atoms with Gasteiger partial charge in [-0.1, -0.05) is 81.4 Å². The fourth-order valence-corrected chi connectivity index (χ4v) is 5.33. The van der Waals surface area contributed by atoms with Crippen molar-refractivity contribution >= 4 is 6.08 Å². The first kappa shape index (κ1) is 21.2. The van der Waals surface area contributed by atoms with E-state index in [4.69, 9.17) is 0 Å². The van der Waals surface area contributed by atoms with Crippen molar-refractivity contribution in [2.24, 2.45) is 11.8 Å². The third kappa shape index (κ3) is 4.50. The Morgan fingerprint density at radius 1 is 0.800 bits per heavy atom. The number of hydrogen-bond acceptors (Lipinski definition) is 0. The van der Waals surface area contributed by atoms with Crippen LogP contribution in [0.25, 0.3) is 17.2 Å². The molecule has 0 atom stereocenters. The van der Waals surface area contributed by atoms with Crippen LogP contribution >= 0.6 is 0 Å². The van der Waals surface area contributed by atoms with Crippen LogP contribution in [0.2, 0.25) is 0 Å². The molecule has 0 spiro atoms. The highest BCUT2D eigenvalue weighted by Gasteiger charge is 2.23. The van der Waals surface area contributed by atoms with Crippen LogP contribution in [0.4, 0.5) is 13.2 Å². The second-order valence-electron chi connectivity index (χ2n) is 9.11. The third-order valence-electron chi connectivity index (χ3n) is 7.11. The van der Waals surface area contributed by atoms with Crippen molar-refractivity contribution in [1.29, 1.82) is 0 Å². The fourth-order valence-electron chi connectivity index (χ4n) is 5.33. The molecule has 4 rings (SSSR count). The summed E-state index contributed by atoms with van der Waals surface area (Å²) in [5.41, 5.74) is 3.04. The monoisotopic (exact) mass is 412 g/mol. The van der Waals surface area contributed by atoms with Crippen LogP contribution in [0.15, 0.2) is 35.9 Å². The minimum Gasteiger partial charge on any atom is -0.206 e. The van der Waals surface area contributed by atoms with Crippen LogP contribution in [0.5, 0.6) is 0 Å². The zero-order valence-corrected chi connectivity index (χ0v) is 17.8. The standard InChI is InChI=1S/C27H31F3/c1-2-4-18-7-9-19(10-8-18)11-12-20-13-15-22-21(17-20)14-16-24(26(22)29)23-5-3-6-25(28)27(23)30/h3,5-6,14,16-19H,2,4,7-13,15H2,1H3. The van der Waals surface area contributed by atoms with E-state index < -0.39 is 17.5 Å². The van der Waals surface area contributed by atoms with Gasteiger partial charge in [-0.25, -0.2) is 13.2 Å². The second-order valence-corrected chi connectivity index (χ2v) is 9.11. The predicted molar refractivity (Wildman–Crippen MR) is 118 cm³/mol. The van der Waals surface area contributed by atoms with E-state index in [1.165, 1.54) is 62.7 Å². The minimum absolute atomic E-state index is 0.0104. The molecule has 2 aliphatic rings. The molecule has 160 valence electrons. The lowest BCUT2D eigenvalue weighted by molar-refractivity contribution is 0.252. The van der Waals surface area contributed by atoms with E-state index in [1.807, 2.05) is 6.07 Å². The summed E-state index contributed by atoms with van der Waals surface area (Å²) >= 11 is 0. The third-order valence-corrected chi connectivity index (χ3v) is 7.11. The quantitative estimate of drug-likeness (QED) is 0.446. The van der Waals surface area contributed by atoms with Gasteiger partial charge in [0.05, 0.1) is 0 Å². The Morgan fingerprint density at radius 3 is 2.23 bits per heavy atom. The van der Waals surface area contributed by atoms with Crippen molar-refractivity contribution < 1.29 is 13.2 Å². The first-order chi connectivity index (χ1) is 14.6. The maximum atomic E-state index is 15.1. The summed E-state index contributed by atoms with van der Waals surface area (Å²) in [6.07, 6.45) is 14.1. The lowest BCUT2D eigenvalue weighted by Crippen LogP contribution is -2.15. The lowest BCUT2D eigenvalue weighted by atomic mass is 9.77. The van der Waals surface area contributed by atoms with E-state index in [0.29, 0.717) is 12.0 Å². The van der Waals surface area contributed by atoms with Crippen molar-refractivity contribution in [3.63, 3.8) is 0 Å². The Morgan fingerprint density at radius 2 is 1.50 bits per heavy atom. The average Bonchev–Trinajstić information content (AvgIpc) is 2.76. The molecule has 2 aliphatic carbocycles. The molecule has 0 unspecified atom stereocenters. The zero-order chi connectivity index (χ0) is 21.1. The Kier molecular flexibility index (Phi) is 6.65. The number of rotatable bonds is 6. The van der Waals surface area contributed by atoms with E-state index >= 15 is 4.39 Å². The van der Waals surface area contributed by atoms with Gasteiger partial charge in [0, 0.05) is 11.1 Å². The van der Waals surface area contributed by atoms with Gasteiger partial charge >= 0.3 is 0 Å². The van der Waals surface area contributed by atoms with Crippen LogP contribution in [0.3, 0.4) is 0 Å². The molecule has 1 saturated carbocycles. The first-order valence-corrected chi connectivity index (χ1v) is 11.5. The van der Waals surface area contributed by atoms with Crippen LogP contribution < -0.4 is 0 Å². The molecule has 0 bridgehead atoms. The van der Waals surface area contributed by atoms with E-state index in [1.54, 1.807) is 6.07 Å². The summed E-state index contributed by atoms with van der Waals surface area (Å²) < 4.78 is 42.9. The summed E-state index contributed by atoms with van der Waals surface area (Å²) in [7, 11) is 0. The Hall–Kier alpha value is -2.03. The van der Waals surface area contributed by atoms with Crippen LogP contribution in [-0.2, 0) is 6.42 Å². The Balaban J connectivity index is 1.44. The molecule has 0 saturated heterocycles. The highest BCUT2D eigenvalue weighted by molar-refractivity contribution is 5.71. The van der Waals surface area contributed by atoms with Gasteiger partial charge in [-0.3, -0.25) is 0 Å². The summed E-state index contributed by atoms with van der Waals surface area (Å²) in [6.45, 7) is 2.28. The number of halogens is 3. The Bertz CT molecular complexity index is 920. The average molecular weight is 413 g/mol. The Labute approximate surface area is 178 Å². The van der Waals surface area contributed by atoms with Gasteiger partial charge in [0.25, 0.3) is 0 Å². The SMILES string of the molecule is CCCC1CCC(CCC2=Cc3ccc(-c4cccc(F)c4F)c(F)c3CC2)CC1. The molecule has 3 heteroatoms. The molecule has 30 heavy (non-hydrogen) atoms. The van der Waals surface area contributed by atoms with Crippen molar-refractivity contribution in [3.8, 4) is 11.1 Å². The first-order valence-electron chi connectivity index (χ1n) is 11.5. The summed E-state index contributed by atoms with van der Waals surface area (Å²) in [5.74, 6) is -0.586. The van der Waals surface area contributed by atoms with E-state index in [0.717, 1.165) is 36.3 Å². The number of hydrogen-bond donors (Lipinski definition) is 0. The van der Waals surface area contributed by atoms with Crippen molar-refractivity contribution in [2.45, 2.75) is 71.1 Å². The highest BCUT2D eigenvalue weighted by atomic mass is 19.2. The van der Waals surface area contributed by atoms with Gasteiger partial charge in [0.2, 0.25) is 0 Å². The van der Waals surface area contributed by atoms with Gasteiger partial charge < -0.3 is 0 Å². The largest absolute Gasteiger partial charge is 0.206 e. The molecule has 0 heterocycles. The predicted octanol–water partition coefficient (Wildman–Crippen LogP) is 8.49. The smallest absolute Gasteiger partial charge is 0.166 e. The van der Waals surface area contributed by atoms with Gasteiger partial charge in [-0.2, -0.15) is 0 Å². The number of fused-ring (bicyclic) bond motifs is 1. The number of benzene rings is 2. The molecule has 2 aromatic carbocycles. The summed E-state index contributed by atoms with van der Waals surface area (Å²) in [5, 5.41) is 0. The molecule has 0 N–H and O–H groups in total. The molecular formula is C27H31F3. The zero-order valence-electron chi connectivity index (χ0n) is 17.8. The van der Waals surface area contributed by atoms with Crippen molar-refractivity contribution in [2.75, 3.05) is 0 Å². The van der Waals surface area contributed by atoms with E-state index in [2.05, 4.69) is 13.0 Å². The minimum atomic E-state index is -0.989. The molecular weight excluding hydrogens is 381 g/mol. The van der Waals surface area contributed by atoms with Crippen molar-refractivity contribution in [3.05, 3.63) is 64.5 Å². The summed E-state index contributed by atoms with van der Waals surface area (Å²) in [4.78, 5) is 0. The molecule has 0 amide bonds. The topological polar surface area (TPSA) is 0 Å². The summed E-state index contributed by atoms with van der Waals surface area (Å²) in [6, 6.07) is 7.34. The molecule has 1 fully saturated rings. The molecule has 0 aromatic heterocycles. The highest BCUT2D eigenvalue weighted by Crippen LogP contribution is 2.38. The van der Waals surface area contributed by atoms with Crippen molar-refractivity contribution in [1.82, 2.24) is 0 Å². The number of allylic oxidation sites excluding steroid dienone is 1. The maximum Gasteiger partial charge on any atom is 0.166 e. The van der Waals surface area contributed by atoms with Gasteiger partial charge in [0.1, 0.15) is 5.82 Å².